The highest BCUT2D eigenvalue weighted by atomic mass is 35.5. The van der Waals surface area contributed by atoms with Gasteiger partial charge in [0.05, 0.1) is 16.6 Å². The van der Waals surface area contributed by atoms with Gasteiger partial charge in [0.1, 0.15) is 0 Å². The van der Waals surface area contributed by atoms with Crippen molar-refractivity contribution in [2.24, 2.45) is 5.92 Å². The molecule has 0 unspecified atom stereocenters. The first-order valence-corrected chi connectivity index (χ1v) is 8.50. The Morgan fingerprint density at radius 1 is 0.880 bits per heavy atom. The van der Waals surface area contributed by atoms with E-state index in [1.807, 2.05) is 13.8 Å². The molecule has 0 aliphatic heterocycles. The smallest absolute Gasteiger partial charge is 0.243 e. The Morgan fingerprint density at radius 3 is 2.08 bits per heavy atom. The molecule has 2 rings (SSSR count). The first-order chi connectivity index (χ1) is 11.8. The van der Waals surface area contributed by atoms with Crippen molar-refractivity contribution in [3.63, 3.8) is 0 Å². The third-order valence-corrected chi connectivity index (χ3v) is 4.07. The van der Waals surface area contributed by atoms with Crippen LogP contribution in [0.4, 0.5) is 17.1 Å². The topological polar surface area (TPSA) is 70.2 Å². The highest BCUT2D eigenvalue weighted by Gasteiger charge is 2.07. The van der Waals surface area contributed by atoms with Gasteiger partial charge in [-0.2, -0.15) is 0 Å². The van der Waals surface area contributed by atoms with Crippen LogP contribution >= 0.6 is 23.2 Å². The predicted octanol–water partition coefficient (Wildman–Crippen LogP) is 4.64. The van der Waals surface area contributed by atoms with E-state index in [9.17, 15) is 9.59 Å². The van der Waals surface area contributed by atoms with Gasteiger partial charge in [0, 0.05) is 23.0 Å². The number of nitrogens with one attached hydrogen (secondary N) is 3. The number of anilines is 3. The third-order valence-electron chi connectivity index (χ3n) is 3.33. The van der Waals surface area contributed by atoms with Crippen LogP contribution in [-0.2, 0) is 9.59 Å². The molecule has 0 spiro atoms. The summed E-state index contributed by atoms with van der Waals surface area (Å²) in [4.78, 5) is 23.6. The number of carbonyl (C=O) groups is 2. The van der Waals surface area contributed by atoms with Crippen LogP contribution in [0.25, 0.3) is 0 Å². The number of amides is 2. The molecular weight excluding hydrogens is 361 g/mol. The van der Waals surface area contributed by atoms with E-state index in [0.717, 1.165) is 5.69 Å². The zero-order valence-corrected chi connectivity index (χ0v) is 15.4. The highest BCUT2D eigenvalue weighted by molar-refractivity contribution is 6.42. The molecule has 0 aliphatic rings. The summed E-state index contributed by atoms with van der Waals surface area (Å²) in [6.45, 7) is 3.76. The molecule has 2 aromatic rings. The van der Waals surface area contributed by atoms with Gasteiger partial charge in [0.25, 0.3) is 0 Å². The maximum Gasteiger partial charge on any atom is 0.243 e. The fourth-order valence-corrected chi connectivity index (χ4v) is 2.22. The van der Waals surface area contributed by atoms with E-state index < -0.39 is 0 Å². The Bertz CT molecular complexity index is 761. The molecule has 7 heteroatoms. The average molecular weight is 380 g/mol. The van der Waals surface area contributed by atoms with Gasteiger partial charge in [-0.15, -0.1) is 0 Å². The number of hydrogen-bond donors (Lipinski definition) is 3. The maximum absolute atomic E-state index is 12.0. The van der Waals surface area contributed by atoms with Crippen LogP contribution in [-0.4, -0.2) is 18.4 Å². The van der Waals surface area contributed by atoms with Crippen molar-refractivity contribution >= 4 is 52.1 Å². The molecule has 0 saturated heterocycles. The van der Waals surface area contributed by atoms with Crippen LogP contribution < -0.4 is 16.0 Å². The molecule has 132 valence electrons. The molecule has 0 aliphatic carbocycles. The number of hydrogen-bond acceptors (Lipinski definition) is 3. The third kappa shape index (κ3) is 5.96. The average Bonchev–Trinajstić information content (AvgIpc) is 2.57. The molecular formula is C18H19Cl2N3O2. The van der Waals surface area contributed by atoms with E-state index in [-0.39, 0.29) is 24.3 Å². The van der Waals surface area contributed by atoms with E-state index in [0.29, 0.717) is 21.4 Å². The highest BCUT2D eigenvalue weighted by Crippen LogP contribution is 2.25. The fraction of sp³-hybridized carbons (Fsp3) is 0.222. The Balaban J connectivity index is 1.85. The molecule has 2 aromatic carbocycles. The van der Waals surface area contributed by atoms with Crippen molar-refractivity contribution < 1.29 is 9.59 Å². The van der Waals surface area contributed by atoms with Crippen molar-refractivity contribution in [3.8, 4) is 0 Å². The van der Waals surface area contributed by atoms with E-state index in [1.165, 1.54) is 0 Å². The van der Waals surface area contributed by atoms with Crippen LogP contribution in [0.2, 0.25) is 10.0 Å². The lowest BCUT2D eigenvalue weighted by Gasteiger charge is -2.10. The van der Waals surface area contributed by atoms with Crippen LogP contribution in [0, 0.1) is 5.92 Å². The van der Waals surface area contributed by atoms with E-state index in [4.69, 9.17) is 23.2 Å². The number of carbonyl (C=O) groups excluding carboxylic acids is 2. The van der Waals surface area contributed by atoms with Gasteiger partial charge in [-0.1, -0.05) is 37.0 Å². The predicted molar refractivity (Wildman–Crippen MR) is 103 cm³/mol. The van der Waals surface area contributed by atoms with E-state index in [2.05, 4.69) is 16.0 Å². The second-order valence-electron chi connectivity index (χ2n) is 5.75. The normalized spacial score (nSPS) is 10.4. The molecule has 0 bridgehead atoms. The van der Waals surface area contributed by atoms with Crippen molar-refractivity contribution in [3.05, 3.63) is 52.5 Å². The monoisotopic (exact) mass is 379 g/mol. The summed E-state index contributed by atoms with van der Waals surface area (Å²) >= 11 is 11.7. The Hall–Kier alpha value is -2.24. The molecule has 0 atom stereocenters. The van der Waals surface area contributed by atoms with Gasteiger partial charge >= 0.3 is 0 Å². The van der Waals surface area contributed by atoms with Crippen molar-refractivity contribution in [2.45, 2.75) is 13.8 Å². The minimum atomic E-state index is -0.212. The minimum absolute atomic E-state index is 0.0401. The van der Waals surface area contributed by atoms with Gasteiger partial charge in [-0.05, 0) is 42.5 Å². The summed E-state index contributed by atoms with van der Waals surface area (Å²) in [6.07, 6.45) is 0. The van der Waals surface area contributed by atoms with Gasteiger partial charge in [0.15, 0.2) is 0 Å². The Morgan fingerprint density at radius 2 is 1.48 bits per heavy atom. The zero-order chi connectivity index (χ0) is 18.4. The molecule has 0 saturated carbocycles. The van der Waals surface area contributed by atoms with Crippen LogP contribution in [0.15, 0.2) is 42.5 Å². The van der Waals surface area contributed by atoms with Crippen molar-refractivity contribution in [1.29, 1.82) is 0 Å². The molecule has 2 amide bonds. The second kappa shape index (κ2) is 8.74. The van der Waals surface area contributed by atoms with Gasteiger partial charge in [-0.25, -0.2) is 0 Å². The first kappa shape index (κ1) is 19.1. The molecule has 0 fully saturated rings. The number of benzene rings is 2. The lowest BCUT2D eigenvalue weighted by molar-refractivity contribution is -0.119. The van der Waals surface area contributed by atoms with Gasteiger partial charge in [0.2, 0.25) is 11.8 Å². The molecule has 0 heterocycles. The van der Waals surface area contributed by atoms with E-state index >= 15 is 0 Å². The summed E-state index contributed by atoms with van der Waals surface area (Å²) in [7, 11) is 0. The summed E-state index contributed by atoms with van der Waals surface area (Å²) in [5.41, 5.74) is 2.06. The Kier molecular flexibility index (Phi) is 6.67. The van der Waals surface area contributed by atoms with Crippen LogP contribution in [0.5, 0.6) is 0 Å². The van der Waals surface area contributed by atoms with Gasteiger partial charge in [-0.3, -0.25) is 9.59 Å². The molecule has 5 nitrogen and oxygen atoms in total. The number of rotatable bonds is 6. The summed E-state index contributed by atoms with van der Waals surface area (Å²) in [5, 5.41) is 9.36. The lowest BCUT2D eigenvalue weighted by atomic mass is 10.2. The van der Waals surface area contributed by atoms with Crippen molar-refractivity contribution in [2.75, 3.05) is 22.5 Å². The standard InChI is InChI=1S/C18H19Cl2N3O2/c1-11(2)18(25)23-13-5-3-12(4-6-13)21-10-17(24)22-14-7-8-15(19)16(20)9-14/h3-9,11,21H,10H2,1-2H3,(H,22,24)(H,23,25). The SMILES string of the molecule is CC(C)C(=O)Nc1ccc(NCC(=O)Nc2ccc(Cl)c(Cl)c2)cc1. The maximum atomic E-state index is 12.0. The van der Waals surface area contributed by atoms with Crippen LogP contribution in [0.3, 0.4) is 0 Å². The summed E-state index contributed by atoms with van der Waals surface area (Å²) < 4.78 is 0. The molecule has 3 N–H and O–H groups in total. The summed E-state index contributed by atoms with van der Waals surface area (Å²) in [6, 6.07) is 12.0. The number of halogens is 2. The largest absolute Gasteiger partial charge is 0.376 e. The molecule has 0 radical (unpaired) electrons. The first-order valence-electron chi connectivity index (χ1n) is 7.75. The minimum Gasteiger partial charge on any atom is -0.376 e. The zero-order valence-electron chi connectivity index (χ0n) is 13.9. The summed E-state index contributed by atoms with van der Waals surface area (Å²) in [5.74, 6) is -0.333. The van der Waals surface area contributed by atoms with Gasteiger partial charge < -0.3 is 16.0 Å². The molecule has 0 aromatic heterocycles. The van der Waals surface area contributed by atoms with E-state index in [1.54, 1.807) is 42.5 Å². The lowest BCUT2D eigenvalue weighted by Crippen LogP contribution is -2.21. The van der Waals surface area contributed by atoms with Crippen LogP contribution in [0.1, 0.15) is 13.8 Å². The fourth-order valence-electron chi connectivity index (χ4n) is 1.92. The molecule has 25 heavy (non-hydrogen) atoms. The van der Waals surface area contributed by atoms with Crippen molar-refractivity contribution in [1.82, 2.24) is 0 Å². The second-order valence-corrected chi connectivity index (χ2v) is 6.57. The Labute approximate surface area is 156 Å². The quantitative estimate of drug-likeness (QED) is 0.684.